The van der Waals surface area contributed by atoms with E-state index in [2.05, 4.69) is 52.8 Å². The number of benzene rings is 1. The molecule has 0 saturated carbocycles. The van der Waals surface area contributed by atoms with Crippen LogP contribution in [-0.4, -0.2) is 20.8 Å². The molecule has 0 radical (unpaired) electrons. The molecule has 1 N–H and O–H groups in total. The lowest BCUT2D eigenvalue weighted by atomic mass is 10.0. The summed E-state index contributed by atoms with van der Waals surface area (Å²) in [6.45, 7) is 2.97. The predicted octanol–water partition coefficient (Wildman–Crippen LogP) is 1.93. The Morgan fingerprint density at radius 1 is 1.28 bits per heavy atom. The van der Waals surface area contributed by atoms with Crippen molar-refractivity contribution in [3.05, 3.63) is 48.0 Å². The molecule has 0 bridgehead atoms. The molecule has 2 aromatic rings. The van der Waals surface area contributed by atoms with Gasteiger partial charge in [-0.25, -0.2) is 0 Å². The summed E-state index contributed by atoms with van der Waals surface area (Å²) in [6, 6.07) is 11.1. The van der Waals surface area contributed by atoms with Gasteiger partial charge in [0.25, 0.3) is 0 Å². The zero-order valence-corrected chi connectivity index (χ0v) is 11.0. The van der Waals surface area contributed by atoms with Gasteiger partial charge in [-0.3, -0.25) is 0 Å². The van der Waals surface area contributed by atoms with E-state index in [0.717, 1.165) is 25.2 Å². The highest BCUT2D eigenvalue weighted by Gasteiger charge is 2.08. The van der Waals surface area contributed by atoms with Crippen molar-refractivity contribution in [3.63, 3.8) is 0 Å². The molecule has 0 amide bonds. The molecule has 1 heterocycles. The lowest BCUT2D eigenvalue weighted by Gasteiger charge is -2.16. The fourth-order valence-corrected chi connectivity index (χ4v) is 1.96. The largest absolute Gasteiger partial charge is 0.320 e. The summed E-state index contributed by atoms with van der Waals surface area (Å²) in [4.78, 5) is 0. The van der Waals surface area contributed by atoms with E-state index in [0.29, 0.717) is 6.04 Å². The SMILES string of the molecule is CCC(Cc1ccccc1)NCc1nncn1C. The zero-order valence-electron chi connectivity index (χ0n) is 11.0. The van der Waals surface area contributed by atoms with Crippen LogP contribution >= 0.6 is 0 Å². The minimum Gasteiger partial charge on any atom is -0.320 e. The first-order chi connectivity index (χ1) is 8.79. The molecule has 1 aromatic heterocycles. The molecule has 0 aliphatic rings. The molecule has 1 aromatic carbocycles. The van der Waals surface area contributed by atoms with Crippen molar-refractivity contribution in [2.45, 2.75) is 32.4 Å². The first-order valence-corrected chi connectivity index (χ1v) is 6.39. The van der Waals surface area contributed by atoms with Gasteiger partial charge in [-0.15, -0.1) is 10.2 Å². The summed E-state index contributed by atoms with van der Waals surface area (Å²) in [5.74, 6) is 0.974. The molecule has 1 unspecified atom stereocenters. The van der Waals surface area contributed by atoms with Crippen LogP contribution in [0, 0.1) is 0 Å². The second-order valence-electron chi connectivity index (χ2n) is 4.53. The van der Waals surface area contributed by atoms with Crippen molar-refractivity contribution in [2.75, 3.05) is 0 Å². The molecule has 4 heteroatoms. The first-order valence-electron chi connectivity index (χ1n) is 6.39. The van der Waals surface area contributed by atoms with Gasteiger partial charge in [-0.2, -0.15) is 0 Å². The average molecular weight is 244 g/mol. The maximum absolute atomic E-state index is 4.08. The van der Waals surface area contributed by atoms with Crippen molar-refractivity contribution in [1.82, 2.24) is 20.1 Å². The summed E-state index contributed by atoms with van der Waals surface area (Å²) in [6.07, 6.45) is 3.89. The van der Waals surface area contributed by atoms with Crippen molar-refractivity contribution < 1.29 is 0 Å². The molecule has 1 atom stereocenters. The number of hydrogen-bond donors (Lipinski definition) is 1. The number of aryl methyl sites for hydroxylation is 1. The monoisotopic (exact) mass is 244 g/mol. The summed E-state index contributed by atoms with van der Waals surface area (Å²) in [5, 5.41) is 11.5. The van der Waals surface area contributed by atoms with Gasteiger partial charge in [0, 0.05) is 13.1 Å². The summed E-state index contributed by atoms with van der Waals surface area (Å²) in [7, 11) is 1.97. The van der Waals surface area contributed by atoms with Crippen molar-refractivity contribution in [2.24, 2.45) is 7.05 Å². The summed E-state index contributed by atoms with van der Waals surface area (Å²) >= 11 is 0. The number of nitrogens with zero attached hydrogens (tertiary/aromatic N) is 3. The topological polar surface area (TPSA) is 42.7 Å². The van der Waals surface area contributed by atoms with Gasteiger partial charge < -0.3 is 9.88 Å². The molecule has 0 saturated heterocycles. The molecular weight excluding hydrogens is 224 g/mol. The Bertz CT molecular complexity index is 464. The summed E-state index contributed by atoms with van der Waals surface area (Å²) < 4.78 is 1.95. The van der Waals surface area contributed by atoms with Crippen LogP contribution in [0.5, 0.6) is 0 Å². The number of hydrogen-bond acceptors (Lipinski definition) is 3. The molecule has 96 valence electrons. The van der Waals surface area contributed by atoms with Crippen LogP contribution in [0.3, 0.4) is 0 Å². The lowest BCUT2D eigenvalue weighted by molar-refractivity contribution is 0.480. The smallest absolute Gasteiger partial charge is 0.146 e. The van der Waals surface area contributed by atoms with Crippen LogP contribution < -0.4 is 5.32 Å². The highest BCUT2D eigenvalue weighted by Crippen LogP contribution is 2.06. The van der Waals surface area contributed by atoms with Crippen LogP contribution in [-0.2, 0) is 20.0 Å². The molecule has 18 heavy (non-hydrogen) atoms. The van der Waals surface area contributed by atoms with Crippen LogP contribution in [0.1, 0.15) is 24.7 Å². The molecule has 0 spiro atoms. The average Bonchev–Trinajstić information content (AvgIpc) is 2.81. The van der Waals surface area contributed by atoms with Crippen molar-refractivity contribution in [3.8, 4) is 0 Å². The fourth-order valence-electron chi connectivity index (χ4n) is 1.96. The Labute approximate surface area is 108 Å². The van der Waals surface area contributed by atoms with E-state index >= 15 is 0 Å². The Hall–Kier alpha value is -1.68. The Morgan fingerprint density at radius 2 is 2.06 bits per heavy atom. The minimum atomic E-state index is 0.476. The number of nitrogens with one attached hydrogen (secondary N) is 1. The maximum atomic E-state index is 4.08. The van der Waals surface area contributed by atoms with Gasteiger partial charge in [-0.1, -0.05) is 37.3 Å². The lowest BCUT2D eigenvalue weighted by Crippen LogP contribution is -2.31. The van der Waals surface area contributed by atoms with E-state index in [1.165, 1.54) is 5.56 Å². The third-order valence-corrected chi connectivity index (χ3v) is 3.17. The van der Waals surface area contributed by atoms with Crippen LogP contribution in [0.15, 0.2) is 36.7 Å². The normalized spacial score (nSPS) is 12.6. The third kappa shape index (κ3) is 3.40. The first kappa shape index (κ1) is 12.8. The van der Waals surface area contributed by atoms with Crippen molar-refractivity contribution >= 4 is 0 Å². The van der Waals surface area contributed by atoms with E-state index in [-0.39, 0.29) is 0 Å². The Morgan fingerprint density at radius 3 is 2.67 bits per heavy atom. The van der Waals surface area contributed by atoms with Gasteiger partial charge in [-0.05, 0) is 18.4 Å². The quantitative estimate of drug-likeness (QED) is 0.844. The van der Waals surface area contributed by atoms with Crippen LogP contribution in [0.25, 0.3) is 0 Å². The maximum Gasteiger partial charge on any atom is 0.146 e. The molecule has 2 rings (SSSR count). The van der Waals surface area contributed by atoms with Gasteiger partial charge in [0.1, 0.15) is 12.2 Å². The van der Waals surface area contributed by atoms with Gasteiger partial charge in [0.15, 0.2) is 0 Å². The third-order valence-electron chi connectivity index (χ3n) is 3.17. The van der Waals surface area contributed by atoms with Crippen LogP contribution in [0.4, 0.5) is 0 Å². The summed E-state index contributed by atoms with van der Waals surface area (Å²) in [5.41, 5.74) is 1.37. The molecule has 4 nitrogen and oxygen atoms in total. The van der Waals surface area contributed by atoms with Crippen molar-refractivity contribution in [1.29, 1.82) is 0 Å². The van der Waals surface area contributed by atoms with Gasteiger partial charge in [0.2, 0.25) is 0 Å². The molecule has 0 aliphatic carbocycles. The Kier molecular flexibility index (Phi) is 4.47. The fraction of sp³-hybridized carbons (Fsp3) is 0.429. The van der Waals surface area contributed by atoms with Crippen LogP contribution in [0.2, 0.25) is 0 Å². The zero-order chi connectivity index (χ0) is 12.8. The van der Waals surface area contributed by atoms with Gasteiger partial charge in [0.05, 0.1) is 6.54 Å². The molecule has 0 fully saturated rings. The predicted molar refractivity (Wildman–Crippen MR) is 72.1 cm³/mol. The van der Waals surface area contributed by atoms with E-state index in [1.54, 1.807) is 6.33 Å². The number of rotatable bonds is 6. The second kappa shape index (κ2) is 6.31. The number of aromatic nitrogens is 3. The minimum absolute atomic E-state index is 0.476. The second-order valence-corrected chi connectivity index (χ2v) is 4.53. The highest BCUT2D eigenvalue weighted by atomic mass is 15.3. The Balaban J connectivity index is 1.88. The highest BCUT2D eigenvalue weighted by molar-refractivity contribution is 5.15. The van der Waals surface area contributed by atoms with E-state index in [1.807, 2.05) is 11.6 Å². The van der Waals surface area contributed by atoms with E-state index in [9.17, 15) is 0 Å². The van der Waals surface area contributed by atoms with E-state index in [4.69, 9.17) is 0 Å². The van der Waals surface area contributed by atoms with E-state index < -0.39 is 0 Å². The van der Waals surface area contributed by atoms with Gasteiger partial charge >= 0.3 is 0 Å². The standard InChI is InChI=1S/C14H20N4/c1-3-13(9-12-7-5-4-6-8-12)15-10-14-17-16-11-18(14)2/h4-8,11,13,15H,3,9-10H2,1-2H3. The molecule has 0 aliphatic heterocycles. The molecular formula is C14H20N4.